The molecule has 10 nitrogen and oxygen atoms in total. The Labute approximate surface area is 174 Å². The van der Waals surface area contributed by atoms with Crippen LogP contribution in [0.25, 0.3) is 0 Å². The van der Waals surface area contributed by atoms with Crippen LogP contribution in [0.1, 0.15) is 46.0 Å². The third-order valence-corrected chi connectivity index (χ3v) is 5.74. The molecule has 164 valence electrons. The van der Waals surface area contributed by atoms with Gasteiger partial charge in [-0.25, -0.2) is 9.59 Å². The van der Waals surface area contributed by atoms with Crippen LogP contribution >= 0.6 is 0 Å². The van der Waals surface area contributed by atoms with Crippen molar-refractivity contribution < 1.29 is 33.4 Å². The lowest BCUT2D eigenvalue weighted by molar-refractivity contribution is -0.152. The first-order chi connectivity index (χ1) is 14.4. The molecule has 2 aliphatic heterocycles. The number of carbonyl (C=O) groups is 5. The molecule has 3 atom stereocenters. The minimum atomic E-state index is -0.785. The van der Waals surface area contributed by atoms with Gasteiger partial charge in [-0.3, -0.25) is 19.3 Å². The Morgan fingerprint density at radius 3 is 2.23 bits per heavy atom. The molecule has 30 heavy (non-hydrogen) atoms. The zero-order chi connectivity index (χ0) is 21.8. The molecule has 1 saturated heterocycles. The quantitative estimate of drug-likeness (QED) is 0.455. The molecule has 0 aromatic heterocycles. The Bertz CT molecular complexity index is 767. The standard InChI is InChI=1S/C20H27N3O7/c1-3-13-16(19(27)29-4-2)14(22-20(28)21-13)10-30-15(24)9-23-17(25)11-7-5-6-8-12(11)18(23)26/h11-13H,3-10H2,1-2H3,(H2,21,22,28)/t11-,12+,13-/m1/s1. The summed E-state index contributed by atoms with van der Waals surface area (Å²) in [6.07, 6.45) is 3.56. The third kappa shape index (κ3) is 4.31. The molecule has 2 fully saturated rings. The van der Waals surface area contributed by atoms with Crippen molar-refractivity contribution in [3.8, 4) is 0 Å². The van der Waals surface area contributed by atoms with Crippen LogP contribution in [0.4, 0.5) is 4.79 Å². The van der Waals surface area contributed by atoms with E-state index in [2.05, 4.69) is 10.6 Å². The fraction of sp³-hybridized carbons (Fsp3) is 0.650. The maximum absolute atomic E-state index is 12.5. The van der Waals surface area contributed by atoms with E-state index in [0.717, 1.165) is 17.7 Å². The van der Waals surface area contributed by atoms with Gasteiger partial charge in [0.05, 0.1) is 35.8 Å². The predicted molar refractivity (Wildman–Crippen MR) is 103 cm³/mol. The highest BCUT2D eigenvalue weighted by Gasteiger charge is 2.48. The molecule has 0 radical (unpaired) electrons. The summed E-state index contributed by atoms with van der Waals surface area (Å²) < 4.78 is 10.2. The monoisotopic (exact) mass is 421 g/mol. The lowest BCUT2D eigenvalue weighted by Crippen LogP contribution is -2.51. The number of likely N-dealkylation sites (tertiary alicyclic amines) is 1. The van der Waals surface area contributed by atoms with E-state index in [1.165, 1.54) is 0 Å². The van der Waals surface area contributed by atoms with Crippen molar-refractivity contribution in [1.29, 1.82) is 0 Å². The fourth-order valence-corrected chi connectivity index (χ4v) is 4.29. The van der Waals surface area contributed by atoms with E-state index < -0.39 is 30.6 Å². The van der Waals surface area contributed by atoms with Gasteiger partial charge in [-0.2, -0.15) is 0 Å². The lowest BCUT2D eigenvalue weighted by Gasteiger charge is -2.28. The summed E-state index contributed by atoms with van der Waals surface area (Å²) in [5.74, 6) is -2.73. The number of hydrogen-bond donors (Lipinski definition) is 2. The summed E-state index contributed by atoms with van der Waals surface area (Å²) in [6, 6.07) is -1.09. The van der Waals surface area contributed by atoms with Crippen molar-refractivity contribution in [2.75, 3.05) is 19.8 Å². The first-order valence-electron chi connectivity index (χ1n) is 10.4. The zero-order valence-corrected chi connectivity index (χ0v) is 17.2. The summed E-state index contributed by atoms with van der Waals surface area (Å²) in [6.45, 7) is 2.76. The molecule has 0 unspecified atom stereocenters. The molecule has 4 amide bonds. The van der Waals surface area contributed by atoms with Gasteiger partial charge < -0.3 is 20.1 Å². The summed E-state index contributed by atoms with van der Waals surface area (Å²) >= 11 is 0. The summed E-state index contributed by atoms with van der Waals surface area (Å²) in [5, 5.41) is 5.11. The molecule has 2 heterocycles. The topological polar surface area (TPSA) is 131 Å². The zero-order valence-electron chi connectivity index (χ0n) is 17.2. The fourth-order valence-electron chi connectivity index (χ4n) is 4.29. The van der Waals surface area contributed by atoms with Crippen molar-refractivity contribution >= 4 is 29.8 Å². The van der Waals surface area contributed by atoms with Crippen LogP contribution in [0.5, 0.6) is 0 Å². The number of nitrogens with zero attached hydrogens (tertiary/aromatic N) is 1. The Balaban J connectivity index is 1.67. The molecule has 1 aliphatic carbocycles. The Kier molecular flexibility index (Phi) is 6.73. The molecular weight excluding hydrogens is 394 g/mol. The number of fused-ring (bicyclic) bond motifs is 1. The van der Waals surface area contributed by atoms with Gasteiger partial charge in [-0.1, -0.05) is 19.8 Å². The van der Waals surface area contributed by atoms with Crippen molar-refractivity contribution in [2.45, 2.75) is 52.0 Å². The van der Waals surface area contributed by atoms with E-state index in [1.807, 2.05) is 0 Å². The SMILES string of the molecule is CCOC(=O)C1=C(COC(=O)CN2C(=O)[C@H]3CCCC[C@H]3C2=O)NC(=O)N[C@@H]1CC. The van der Waals surface area contributed by atoms with E-state index in [4.69, 9.17) is 9.47 Å². The van der Waals surface area contributed by atoms with E-state index in [-0.39, 0.29) is 48.1 Å². The Morgan fingerprint density at radius 1 is 1.03 bits per heavy atom. The second-order valence-corrected chi connectivity index (χ2v) is 7.59. The second kappa shape index (κ2) is 9.27. The highest BCUT2D eigenvalue weighted by molar-refractivity contribution is 6.07. The predicted octanol–water partition coefficient (Wildman–Crippen LogP) is 0.613. The highest BCUT2D eigenvalue weighted by Crippen LogP contribution is 2.37. The molecule has 0 aromatic carbocycles. The largest absolute Gasteiger partial charge is 0.463 e. The number of esters is 2. The smallest absolute Gasteiger partial charge is 0.338 e. The number of rotatable bonds is 7. The molecule has 0 bridgehead atoms. The number of nitrogens with one attached hydrogen (secondary N) is 2. The Morgan fingerprint density at radius 2 is 1.67 bits per heavy atom. The molecule has 3 aliphatic rings. The van der Waals surface area contributed by atoms with Crippen LogP contribution in [0, 0.1) is 11.8 Å². The van der Waals surface area contributed by atoms with Gasteiger partial charge in [0.1, 0.15) is 13.2 Å². The number of urea groups is 1. The molecule has 0 spiro atoms. The molecule has 10 heteroatoms. The first kappa shape index (κ1) is 21.8. The maximum Gasteiger partial charge on any atom is 0.338 e. The lowest BCUT2D eigenvalue weighted by atomic mass is 9.81. The van der Waals surface area contributed by atoms with Gasteiger partial charge >= 0.3 is 18.0 Å². The average Bonchev–Trinajstić information content (AvgIpc) is 2.97. The van der Waals surface area contributed by atoms with Gasteiger partial charge in [0.2, 0.25) is 11.8 Å². The van der Waals surface area contributed by atoms with Gasteiger partial charge in [-0.05, 0) is 26.2 Å². The van der Waals surface area contributed by atoms with Crippen molar-refractivity contribution in [3.05, 3.63) is 11.3 Å². The Hall–Kier alpha value is -2.91. The summed E-state index contributed by atoms with van der Waals surface area (Å²) in [7, 11) is 0. The number of carbonyl (C=O) groups excluding carboxylic acids is 5. The maximum atomic E-state index is 12.5. The van der Waals surface area contributed by atoms with Gasteiger partial charge in [0.25, 0.3) is 0 Å². The highest BCUT2D eigenvalue weighted by atomic mass is 16.5. The molecule has 2 N–H and O–H groups in total. The van der Waals surface area contributed by atoms with E-state index in [9.17, 15) is 24.0 Å². The number of amides is 4. The van der Waals surface area contributed by atoms with Crippen LogP contribution in [-0.4, -0.2) is 60.5 Å². The third-order valence-electron chi connectivity index (χ3n) is 5.74. The van der Waals surface area contributed by atoms with Gasteiger partial charge in [-0.15, -0.1) is 0 Å². The van der Waals surface area contributed by atoms with Crippen LogP contribution in [0.3, 0.4) is 0 Å². The summed E-state index contributed by atoms with van der Waals surface area (Å²) in [4.78, 5) is 62.5. The number of imide groups is 1. The van der Waals surface area contributed by atoms with E-state index in [1.54, 1.807) is 13.8 Å². The second-order valence-electron chi connectivity index (χ2n) is 7.59. The van der Waals surface area contributed by atoms with Crippen molar-refractivity contribution in [3.63, 3.8) is 0 Å². The van der Waals surface area contributed by atoms with Crippen LogP contribution in [-0.2, 0) is 28.7 Å². The first-order valence-corrected chi connectivity index (χ1v) is 10.4. The minimum Gasteiger partial charge on any atom is -0.463 e. The van der Waals surface area contributed by atoms with Crippen molar-refractivity contribution in [1.82, 2.24) is 15.5 Å². The van der Waals surface area contributed by atoms with Gasteiger partial charge in [0, 0.05) is 0 Å². The average molecular weight is 421 g/mol. The molecular formula is C20H27N3O7. The normalized spacial score (nSPS) is 26.1. The number of ether oxygens (including phenoxy) is 2. The van der Waals surface area contributed by atoms with E-state index >= 15 is 0 Å². The molecule has 3 rings (SSSR count). The van der Waals surface area contributed by atoms with E-state index in [0.29, 0.717) is 19.3 Å². The minimum absolute atomic E-state index is 0.130. The van der Waals surface area contributed by atoms with Crippen LogP contribution in [0.15, 0.2) is 11.3 Å². The molecule has 1 saturated carbocycles. The van der Waals surface area contributed by atoms with Crippen LogP contribution < -0.4 is 10.6 Å². The molecule has 0 aromatic rings. The number of hydrogen-bond acceptors (Lipinski definition) is 7. The summed E-state index contributed by atoms with van der Waals surface area (Å²) in [5.41, 5.74) is 0.316. The van der Waals surface area contributed by atoms with Gasteiger partial charge in [0.15, 0.2) is 0 Å². The van der Waals surface area contributed by atoms with Crippen LogP contribution in [0.2, 0.25) is 0 Å². The van der Waals surface area contributed by atoms with Crippen molar-refractivity contribution in [2.24, 2.45) is 11.8 Å².